The number of nitrogens with one attached hydrogen (secondary N) is 4. The maximum absolute atomic E-state index is 13.6. The number of ether oxygens (including phenoxy) is 2. The van der Waals surface area contributed by atoms with E-state index >= 15 is 0 Å². The van der Waals surface area contributed by atoms with E-state index < -0.39 is 16.5 Å². The van der Waals surface area contributed by atoms with Gasteiger partial charge in [0.15, 0.2) is 5.16 Å². The lowest BCUT2D eigenvalue weighted by Gasteiger charge is -2.51. The molecule has 4 aromatic heterocycles. The summed E-state index contributed by atoms with van der Waals surface area (Å²) in [5, 5.41) is 30.3. The van der Waals surface area contributed by atoms with Crippen LogP contribution in [0.5, 0.6) is 5.75 Å². The van der Waals surface area contributed by atoms with E-state index in [-0.39, 0.29) is 43.3 Å². The summed E-state index contributed by atoms with van der Waals surface area (Å²) in [7, 11) is 0. The van der Waals surface area contributed by atoms with Crippen LogP contribution >= 0.6 is 23.1 Å². The number of thiophene rings is 1. The molecule has 5 aromatic carbocycles. The molecule has 438 valence electrons. The number of anilines is 4. The van der Waals surface area contributed by atoms with E-state index in [0.29, 0.717) is 98.4 Å². The van der Waals surface area contributed by atoms with Gasteiger partial charge in [0.05, 0.1) is 68.6 Å². The highest BCUT2D eigenvalue weighted by Gasteiger charge is 2.47. The molecule has 0 saturated carbocycles. The molecule has 22 heteroatoms. The first-order chi connectivity index (χ1) is 40.7. The number of aromatic nitrogens is 8. The molecule has 10 rings (SSSR count). The summed E-state index contributed by atoms with van der Waals surface area (Å²) in [6.07, 6.45) is 6.12. The van der Waals surface area contributed by atoms with Gasteiger partial charge in [0.25, 0.3) is 11.8 Å². The largest absolute Gasteiger partial charge is 0.487 e. The first kappa shape index (κ1) is 59.2. The summed E-state index contributed by atoms with van der Waals surface area (Å²) in [6, 6.07) is 38.9. The molecule has 5 heterocycles. The van der Waals surface area contributed by atoms with Gasteiger partial charge in [0.2, 0.25) is 11.8 Å². The van der Waals surface area contributed by atoms with Gasteiger partial charge in [-0.1, -0.05) is 95.8 Å². The van der Waals surface area contributed by atoms with Crippen LogP contribution < -0.4 is 36.6 Å². The second kappa shape index (κ2) is 25.1. The van der Waals surface area contributed by atoms with Gasteiger partial charge in [0.1, 0.15) is 33.5 Å². The predicted molar refractivity (Wildman–Crippen MR) is 333 cm³/mol. The SMILES string of the molecule is CSc1nc(-c2cccc(NCC(=O)NCc3cn(CCOCCn4cc(COc5ccc([C@]6(C)CC(C)(C)N(C(C)=O)c7ccc(NC(=O)c8ccc(-c9ccccc9)cc8)cc76)cc5)nn4)nn3)c2)c2c(N)c(C(=O)NC(C)(C)C)sc2n1. The summed E-state index contributed by atoms with van der Waals surface area (Å²) < 4.78 is 15.4. The average molecular weight is 1180 g/mol. The van der Waals surface area contributed by atoms with Crippen LogP contribution in [0.3, 0.4) is 0 Å². The van der Waals surface area contributed by atoms with E-state index in [1.807, 2.05) is 147 Å². The zero-order valence-electron chi connectivity index (χ0n) is 48.7. The molecule has 1 atom stereocenters. The fraction of sp³-hybridized carbons (Fsp3) is 0.302. The van der Waals surface area contributed by atoms with Crippen LogP contribution in [0.4, 0.5) is 22.7 Å². The lowest BCUT2D eigenvalue weighted by Crippen LogP contribution is -2.55. The second-order valence-corrected chi connectivity index (χ2v) is 24.4. The smallest absolute Gasteiger partial charge is 0.263 e. The Morgan fingerprint density at radius 3 is 2.14 bits per heavy atom. The molecule has 0 radical (unpaired) electrons. The van der Waals surface area contributed by atoms with E-state index in [9.17, 15) is 19.2 Å². The van der Waals surface area contributed by atoms with Gasteiger partial charge in [-0.15, -0.1) is 21.5 Å². The van der Waals surface area contributed by atoms with E-state index in [0.717, 1.165) is 33.5 Å². The second-order valence-electron chi connectivity index (χ2n) is 22.7. The number of carbonyl (C=O) groups is 4. The Labute approximate surface area is 501 Å². The van der Waals surface area contributed by atoms with Crippen LogP contribution in [0, 0.1) is 0 Å². The molecule has 0 saturated heterocycles. The van der Waals surface area contributed by atoms with Crippen molar-refractivity contribution < 1.29 is 28.7 Å². The third-order valence-corrected chi connectivity index (χ3v) is 16.2. The van der Waals surface area contributed by atoms with Crippen molar-refractivity contribution >= 4 is 79.7 Å². The van der Waals surface area contributed by atoms with E-state index in [1.165, 1.54) is 23.1 Å². The molecular weight excluding hydrogens is 1110 g/mol. The van der Waals surface area contributed by atoms with Gasteiger partial charge >= 0.3 is 0 Å². The van der Waals surface area contributed by atoms with Crippen molar-refractivity contribution in [2.45, 2.75) is 103 Å². The first-order valence-corrected chi connectivity index (χ1v) is 29.9. The molecule has 1 aliphatic heterocycles. The fourth-order valence-electron chi connectivity index (χ4n) is 10.7. The summed E-state index contributed by atoms with van der Waals surface area (Å²) in [5.74, 6) is -0.118. The molecular formula is C63H68N14O6S2. The van der Waals surface area contributed by atoms with Crippen LogP contribution in [0.15, 0.2) is 139 Å². The van der Waals surface area contributed by atoms with Crippen molar-refractivity contribution in [2.75, 3.05) is 47.3 Å². The minimum atomic E-state index is -0.531. The van der Waals surface area contributed by atoms with Gasteiger partial charge in [-0.3, -0.25) is 19.2 Å². The van der Waals surface area contributed by atoms with Gasteiger partial charge in [-0.2, -0.15) is 0 Å². The monoisotopic (exact) mass is 1180 g/mol. The number of rotatable bonds is 21. The molecule has 9 aromatic rings. The van der Waals surface area contributed by atoms with Crippen LogP contribution in [-0.4, -0.2) is 101 Å². The Hall–Kier alpha value is -8.99. The minimum absolute atomic E-state index is 0.00628. The molecule has 20 nitrogen and oxygen atoms in total. The van der Waals surface area contributed by atoms with Crippen molar-refractivity contribution in [1.82, 2.24) is 50.6 Å². The quantitative estimate of drug-likeness (QED) is 0.0255. The first-order valence-electron chi connectivity index (χ1n) is 27.8. The van der Waals surface area contributed by atoms with Crippen LogP contribution in [-0.2, 0) is 46.0 Å². The zero-order chi connectivity index (χ0) is 60.0. The molecule has 85 heavy (non-hydrogen) atoms. The van der Waals surface area contributed by atoms with Crippen LogP contribution in [0.2, 0.25) is 0 Å². The van der Waals surface area contributed by atoms with Crippen LogP contribution in [0.25, 0.3) is 32.6 Å². The normalized spacial score (nSPS) is 14.6. The maximum atomic E-state index is 13.6. The third-order valence-electron chi connectivity index (χ3n) is 14.5. The molecule has 4 amide bonds. The Bertz CT molecular complexity index is 3900. The topological polar surface area (TPSA) is 251 Å². The number of hydrogen-bond donors (Lipinski definition) is 5. The molecule has 0 aliphatic carbocycles. The summed E-state index contributed by atoms with van der Waals surface area (Å²) in [6.45, 7) is 15.8. The Kier molecular flexibility index (Phi) is 17.5. The average Bonchev–Trinajstić information content (AvgIpc) is 2.12. The number of nitrogens with zero attached hydrogens (tertiary/aromatic N) is 9. The van der Waals surface area contributed by atoms with Crippen molar-refractivity contribution in [3.63, 3.8) is 0 Å². The summed E-state index contributed by atoms with van der Waals surface area (Å²) in [5.41, 5.74) is 14.8. The zero-order valence-corrected chi connectivity index (χ0v) is 50.4. The number of hydrogen-bond acceptors (Lipinski definition) is 16. The maximum Gasteiger partial charge on any atom is 0.263 e. The number of carbonyl (C=O) groups excluding carboxylic acids is 4. The lowest BCUT2D eigenvalue weighted by atomic mass is 9.65. The van der Waals surface area contributed by atoms with Crippen LogP contribution in [0.1, 0.15) is 97.4 Å². The minimum Gasteiger partial charge on any atom is -0.487 e. The molecule has 0 unspecified atom stereocenters. The van der Waals surface area contributed by atoms with Crippen molar-refractivity contribution in [2.24, 2.45) is 0 Å². The van der Waals surface area contributed by atoms with Crippen molar-refractivity contribution in [3.8, 4) is 28.1 Å². The number of fused-ring (bicyclic) bond motifs is 2. The summed E-state index contributed by atoms with van der Waals surface area (Å²) in [4.78, 5) is 65.2. The van der Waals surface area contributed by atoms with E-state index in [4.69, 9.17) is 20.2 Å². The van der Waals surface area contributed by atoms with Gasteiger partial charge in [0, 0.05) is 51.6 Å². The van der Waals surface area contributed by atoms with Crippen molar-refractivity contribution in [1.29, 1.82) is 0 Å². The number of nitrogen functional groups attached to an aromatic ring is 1. The lowest BCUT2D eigenvalue weighted by molar-refractivity contribution is -0.119. The van der Waals surface area contributed by atoms with Gasteiger partial charge in [-0.05, 0) is 124 Å². The third kappa shape index (κ3) is 13.8. The Balaban J connectivity index is 0.668. The van der Waals surface area contributed by atoms with E-state index in [2.05, 4.69) is 79.8 Å². The van der Waals surface area contributed by atoms with Crippen molar-refractivity contribution in [3.05, 3.63) is 167 Å². The fourth-order valence-corrected chi connectivity index (χ4v) is 12.1. The summed E-state index contributed by atoms with van der Waals surface area (Å²) >= 11 is 2.63. The standard InChI is InChI=1S/C63H68N14O6S2/c1-39(78)77-51-26-23-46(67-57(80)42-19-17-41(18-20-42)40-13-10-9-11-14-40)32-50(51)63(7,38-62(77,5)6)44-21-24-49(25-22-44)83-37-48-36-76(74-72-48)28-30-82-29-27-75-35-47(71-73-75)33-66-52(79)34-65-45-16-12-15-43(31-45)55-53-54(64)56(58(81)70-61(2,3)4)85-59(53)69-60(68-55)84-8/h9-26,31-32,35-36,65H,27-30,33-34,37-38,64H2,1-8H3,(H,66,79)(H,67,80)(H,70,81)/t63-/m0/s1. The highest BCUT2D eigenvalue weighted by molar-refractivity contribution is 7.98. The molecule has 1 aliphatic rings. The predicted octanol–water partition coefficient (Wildman–Crippen LogP) is 10.2. The number of benzene rings is 5. The highest BCUT2D eigenvalue weighted by atomic mass is 32.2. The van der Waals surface area contributed by atoms with Gasteiger partial charge in [-0.25, -0.2) is 19.3 Å². The molecule has 0 fully saturated rings. The van der Waals surface area contributed by atoms with Gasteiger partial charge < -0.3 is 41.4 Å². The number of thioether (sulfide) groups is 1. The molecule has 0 bridgehead atoms. The Morgan fingerprint density at radius 1 is 0.765 bits per heavy atom. The highest BCUT2D eigenvalue weighted by Crippen LogP contribution is 2.51. The number of amides is 4. The molecule has 6 N–H and O–H groups in total. The van der Waals surface area contributed by atoms with E-state index in [1.54, 1.807) is 22.5 Å². The number of nitrogens with two attached hydrogens (primary N) is 1. The Morgan fingerprint density at radius 2 is 1.45 bits per heavy atom. The molecule has 0 spiro atoms.